The van der Waals surface area contributed by atoms with Gasteiger partial charge in [-0.15, -0.1) is 0 Å². The molecule has 0 radical (unpaired) electrons. The van der Waals surface area contributed by atoms with Crippen LogP contribution in [-0.2, 0) is 46.2 Å². The molecule has 12 rings (SSSR count). The van der Waals surface area contributed by atoms with Crippen LogP contribution in [0.5, 0.6) is 0 Å². The number of hydrogen-bond donors (Lipinski definition) is 3. The van der Waals surface area contributed by atoms with Gasteiger partial charge in [0, 0.05) is 47.4 Å². The number of ketones is 1. The number of allylic oxidation sites excluding steroid dienone is 1. The third kappa shape index (κ3) is 6.37. The molecule has 1 aromatic carbocycles. The van der Waals surface area contributed by atoms with Gasteiger partial charge >= 0.3 is 11.9 Å². The van der Waals surface area contributed by atoms with Gasteiger partial charge in [0.25, 0.3) is 0 Å². The topological polar surface area (TPSA) is 160 Å². The molecule has 9 fully saturated rings. The summed E-state index contributed by atoms with van der Waals surface area (Å²) in [7, 11) is 0. The zero-order valence-corrected chi connectivity index (χ0v) is 40.6. The molecule has 12 nitrogen and oxygen atoms in total. The molecule has 3 N–H and O–H groups in total. The van der Waals surface area contributed by atoms with Gasteiger partial charge in [-0.3, -0.25) is 14.9 Å². The zero-order chi connectivity index (χ0) is 47.0. The van der Waals surface area contributed by atoms with E-state index in [0.29, 0.717) is 61.2 Å². The summed E-state index contributed by atoms with van der Waals surface area (Å²) in [6.07, 6.45) is 13.3. The van der Waals surface area contributed by atoms with Gasteiger partial charge in [0.15, 0.2) is 11.9 Å². The van der Waals surface area contributed by atoms with E-state index in [-0.39, 0.29) is 55.1 Å². The maximum Gasteiger partial charge on any atom is 0.339 e. The van der Waals surface area contributed by atoms with Crippen LogP contribution in [0, 0.1) is 69.5 Å². The number of cyclic esters (lactones) is 2. The fourth-order valence-electron chi connectivity index (χ4n) is 18.0. The summed E-state index contributed by atoms with van der Waals surface area (Å²) in [4.78, 5) is 46.7. The number of fused-ring (bicyclic) bond motifs is 4. The summed E-state index contributed by atoms with van der Waals surface area (Å²) in [6, 6.07) is 13.1. The van der Waals surface area contributed by atoms with Crippen LogP contribution in [0.2, 0.25) is 0 Å². The quantitative estimate of drug-likeness (QED) is 0.151. The monoisotopic (exact) mass is 935 g/mol. The third-order valence-electron chi connectivity index (χ3n) is 20.9. The van der Waals surface area contributed by atoms with Crippen LogP contribution in [0.25, 0.3) is 0 Å². The fraction of sp³-hybridized carbons (Fsp3) is 0.732. The van der Waals surface area contributed by atoms with Gasteiger partial charge in [-0.2, -0.15) is 0 Å². The highest BCUT2D eigenvalue weighted by molar-refractivity contribution is 5.92. The van der Waals surface area contributed by atoms with Crippen molar-refractivity contribution < 1.29 is 48.0 Å². The van der Waals surface area contributed by atoms with Gasteiger partial charge in [-0.1, -0.05) is 70.0 Å². The Bertz CT molecular complexity index is 2320. The number of hydrogen-bond acceptors (Lipinski definition) is 12. The fourth-order valence-corrected chi connectivity index (χ4v) is 18.0. The van der Waals surface area contributed by atoms with Crippen LogP contribution in [0.15, 0.2) is 59.4 Å². The minimum atomic E-state index is -1.45. The van der Waals surface area contributed by atoms with Gasteiger partial charge in [-0.05, 0) is 136 Å². The SMILES string of the molecule is CC(C)CCC1(C)OC2CC(=O)OCC23C1C(=O)C(O)C1(C2CCCC(Cc4ccccc4)C2)C3CCC2(C)C(c3ccoc3CC(CO)C3CCC4C(C=CN5CNCC45)C3)OC(=O)C3OC321. The number of furan rings is 1. The van der Waals surface area contributed by atoms with Crippen LogP contribution < -0.4 is 5.32 Å². The maximum absolute atomic E-state index is 16.0. The van der Waals surface area contributed by atoms with Crippen LogP contribution in [0.1, 0.15) is 128 Å². The Morgan fingerprint density at radius 1 is 0.971 bits per heavy atom. The number of nitrogens with one attached hydrogen (secondary N) is 1. The molecule has 7 heterocycles. The number of aliphatic hydroxyl groups excluding tert-OH is 2. The molecule has 4 aliphatic carbocycles. The van der Waals surface area contributed by atoms with E-state index in [1.54, 1.807) is 6.26 Å². The molecule has 368 valence electrons. The minimum absolute atomic E-state index is 0.0257. The van der Waals surface area contributed by atoms with Gasteiger partial charge in [0.1, 0.15) is 30.2 Å². The predicted octanol–water partition coefficient (Wildman–Crippen LogP) is 7.50. The van der Waals surface area contributed by atoms with Crippen molar-refractivity contribution in [3.05, 3.63) is 71.8 Å². The van der Waals surface area contributed by atoms with Crippen LogP contribution in [-0.4, -0.2) is 94.8 Å². The first-order valence-corrected chi connectivity index (χ1v) is 26.6. The number of benzene rings is 1. The van der Waals surface area contributed by atoms with Gasteiger partial charge in [0.2, 0.25) is 0 Å². The molecule has 10 aliphatic rings. The number of nitrogens with zero attached hydrogens (tertiary/aromatic N) is 1. The second kappa shape index (κ2) is 16.5. The van der Waals surface area contributed by atoms with E-state index < -0.39 is 63.8 Å². The van der Waals surface area contributed by atoms with Crippen molar-refractivity contribution in [3.63, 3.8) is 0 Å². The molecule has 1 aromatic heterocycles. The smallest absolute Gasteiger partial charge is 0.339 e. The molecule has 5 saturated heterocycles. The second-order valence-corrected chi connectivity index (χ2v) is 24.4. The molecule has 12 heteroatoms. The number of rotatable bonds is 11. The first-order valence-electron chi connectivity index (χ1n) is 26.6. The van der Waals surface area contributed by atoms with E-state index in [2.05, 4.69) is 67.5 Å². The van der Waals surface area contributed by atoms with E-state index in [1.165, 1.54) is 5.56 Å². The Morgan fingerprint density at radius 3 is 2.62 bits per heavy atom. The third-order valence-corrected chi connectivity index (χ3v) is 20.9. The highest BCUT2D eigenvalue weighted by atomic mass is 16.7. The van der Waals surface area contributed by atoms with Gasteiger partial charge in [0.05, 0.1) is 37.0 Å². The maximum atomic E-state index is 16.0. The second-order valence-electron chi connectivity index (χ2n) is 24.4. The van der Waals surface area contributed by atoms with Crippen molar-refractivity contribution in [1.29, 1.82) is 0 Å². The number of esters is 2. The van der Waals surface area contributed by atoms with Crippen molar-refractivity contribution in [2.24, 2.45) is 69.5 Å². The summed E-state index contributed by atoms with van der Waals surface area (Å²) < 4.78 is 33.6. The summed E-state index contributed by atoms with van der Waals surface area (Å²) in [6.45, 7) is 10.5. The average Bonchev–Trinajstić information content (AvgIpc) is 3.57. The first-order chi connectivity index (χ1) is 32.8. The number of carbonyl (C=O) groups is 3. The zero-order valence-electron chi connectivity index (χ0n) is 40.6. The van der Waals surface area contributed by atoms with Crippen molar-refractivity contribution >= 4 is 17.7 Å². The van der Waals surface area contributed by atoms with Crippen molar-refractivity contribution in [2.75, 3.05) is 26.4 Å². The Hall–Kier alpha value is -3.55. The van der Waals surface area contributed by atoms with Gasteiger partial charge < -0.3 is 38.5 Å². The molecule has 4 saturated carbocycles. The summed E-state index contributed by atoms with van der Waals surface area (Å²) in [5.41, 5.74) is -3.14. The average molecular weight is 935 g/mol. The highest BCUT2D eigenvalue weighted by Crippen LogP contribution is 2.83. The van der Waals surface area contributed by atoms with E-state index in [4.69, 9.17) is 23.4 Å². The molecule has 0 amide bonds. The summed E-state index contributed by atoms with van der Waals surface area (Å²) >= 11 is 0. The van der Waals surface area contributed by atoms with Crippen molar-refractivity contribution in [3.8, 4) is 0 Å². The molecule has 2 aromatic rings. The van der Waals surface area contributed by atoms with E-state index in [0.717, 1.165) is 76.6 Å². The summed E-state index contributed by atoms with van der Waals surface area (Å²) in [5, 5.41) is 28.4. The van der Waals surface area contributed by atoms with Crippen molar-refractivity contribution in [1.82, 2.24) is 10.2 Å². The molecule has 2 spiro atoms. The first kappa shape index (κ1) is 45.6. The molecular weight excluding hydrogens is 861 g/mol. The van der Waals surface area contributed by atoms with Crippen LogP contribution in [0.3, 0.4) is 0 Å². The molecule has 6 aliphatic heterocycles. The van der Waals surface area contributed by atoms with E-state index in [1.807, 2.05) is 19.1 Å². The number of aliphatic hydroxyl groups is 2. The Labute approximate surface area is 401 Å². The molecule has 18 atom stereocenters. The van der Waals surface area contributed by atoms with Crippen LogP contribution in [0.4, 0.5) is 0 Å². The summed E-state index contributed by atoms with van der Waals surface area (Å²) in [5.74, 6) is 0.414. The number of Topliss-reactive ketones (excluding diaryl/α,β-unsaturated/α-hetero) is 1. The lowest BCUT2D eigenvalue weighted by atomic mass is 9.32. The number of carbonyl (C=O) groups excluding carboxylic acids is 3. The largest absolute Gasteiger partial charge is 0.469 e. The standard InChI is InChI=1S/C56H74N2O10/c1-32(2)15-20-53(4)47-46(61)48(62)55(38-12-8-11-34(24-38)23-33-9-6-5-7-10-33)43(54(47)30-65-45(60)27-44(54)67-53)16-19-52(3)49(66-51(63)50-56(52,55)68-50)40-18-22-64-42(40)26-37(29-59)35-13-14-39-36(25-35)17-21-58-31-57-28-41(39)58/h5-7,9-10,17-18,21-22,32,34-39,41,43-44,47-50,57,59,62H,8,11-16,19-20,23-31H2,1-4H3. The minimum Gasteiger partial charge on any atom is -0.469 e. The molecule has 68 heavy (non-hydrogen) atoms. The van der Waals surface area contributed by atoms with E-state index in [9.17, 15) is 19.8 Å². The number of ether oxygens (including phenoxy) is 4. The van der Waals surface area contributed by atoms with Gasteiger partial charge in [-0.25, -0.2) is 4.79 Å². The number of epoxide rings is 1. The molecule has 0 bridgehead atoms. The molecule has 18 unspecified atom stereocenters. The Balaban J connectivity index is 0.942. The lowest BCUT2D eigenvalue weighted by Crippen LogP contribution is -2.79. The molecular formula is C56H74N2O10. The van der Waals surface area contributed by atoms with Crippen molar-refractivity contribution in [2.45, 2.75) is 159 Å². The predicted molar refractivity (Wildman–Crippen MR) is 250 cm³/mol. The Morgan fingerprint density at radius 2 is 1.81 bits per heavy atom. The van der Waals surface area contributed by atoms with E-state index >= 15 is 4.79 Å². The lowest BCUT2D eigenvalue weighted by molar-refractivity contribution is -0.276. The Kier molecular flexibility index (Phi) is 11.1. The van der Waals surface area contributed by atoms with Crippen LogP contribution >= 0.6 is 0 Å². The highest BCUT2D eigenvalue weighted by Gasteiger charge is 2.93. The lowest BCUT2D eigenvalue weighted by Gasteiger charge is -2.70. The normalized spacial score (nSPS) is 46.0.